The van der Waals surface area contributed by atoms with Gasteiger partial charge in [-0.2, -0.15) is 0 Å². The first kappa shape index (κ1) is 13.5. The number of hydrogen-bond acceptors (Lipinski definition) is 4. The van der Waals surface area contributed by atoms with Gasteiger partial charge in [-0.15, -0.1) is 0 Å². The first-order chi connectivity index (χ1) is 9.02. The van der Waals surface area contributed by atoms with Crippen molar-refractivity contribution in [2.75, 3.05) is 11.4 Å². The Kier molecular flexibility index (Phi) is 3.85. The molecule has 0 bridgehead atoms. The first-order valence-electron chi connectivity index (χ1n) is 6.08. The predicted molar refractivity (Wildman–Crippen MR) is 77.7 cm³/mol. The summed E-state index contributed by atoms with van der Waals surface area (Å²) in [6.45, 7) is 6.54. The lowest BCUT2D eigenvalue weighted by molar-refractivity contribution is 0.0701. The van der Waals surface area contributed by atoms with Crippen LogP contribution in [0.1, 0.15) is 27.9 Å². The fourth-order valence-corrected chi connectivity index (χ4v) is 2.91. The molecule has 0 spiro atoms. The maximum absolute atomic E-state index is 11.1. The van der Waals surface area contributed by atoms with E-state index in [1.807, 2.05) is 36.9 Å². The van der Waals surface area contributed by atoms with Gasteiger partial charge >= 0.3 is 5.97 Å². The predicted octanol–water partition coefficient (Wildman–Crippen LogP) is 3.62. The SMILES string of the molecule is CCN(c1cccc(C)c1)c1nc(C)c(C(=O)O)s1. The summed E-state index contributed by atoms with van der Waals surface area (Å²) in [5.41, 5.74) is 2.77. The van der Waals surface area contributed by atoms with Crippen molar-refractivity contribution in [1.82, 2.24) is 4.98 Å². The van der Waals surface area contributed by atoms with Crippen molar-refractivity contribution < 1.29 is 9.90 Å². The van der Waals surface area contributed by atoms with Crippen LogP contribution in [0.4, 0.5) is 10.8 Å². The van der Waals surface area contributed by atoms with Gasteiger partial charge in [-0.25, -0.2) is 9.78 Å². The van der Waals surface area contributed by atoms with E-state index in [0.717, 1.165) is 17.4 Å². The van der Waals surface area contributed by atoms with Gasteiger partial charge in [0.1, 0.15) is 4.88 Å². The monoisotopic (exact) mass is 276 g/mol. The average Bonchev–Trinajstić information content (AvgIpc) is 2.72. The van der Waals surface area contributed by atoms with E-state index >= 15 is 0 Å². The lowest BCUT2D eigenvalue weighted by Crippen LogP contribution is -2.15. The van der Waals surface area contributed by atoms with E-state index in [2.05, 4.69) is 11.1 Å². The molecule has 2 aromatic rings. The lowest BCUT2D eigenvalue weighted by atomic mass is 10.2. The molecule has 0 fully saturated rings. The molecular formula is C14H16N2O2S. The number of benzene rings is 1. The fourth-order valence-electron chi connectivity index (χ4n) is 1.92. The molecule has 0 radical (unpaired) electrons. The van der Waals surface area contributed by atoms with Crippen molar-refractivity contribution in [1.29, 1.82) is 0 Å². The van der Waals surface area contributed by atoms with Crippen molar-refractivity contribution in [2.24, 2.45) is 0 Å². The summed E-state index contributed by atoms with van der Waals surface area (Å²) in [7, 11) is 0. The highest BCUT2D eigenvalue weighted by atomic mass is 32.1. The van der Waals surface area contributed by atoms with Crippen LogP contribution in [-0.4, -0.2) is 22.6 Å². The number of aryl methyl sites for hydroxylation is 2. The van der Waals surface area contributed by atoms with Gasteiger partial charge in [0.15, 0.2) is 5.13 Å². The van der Waals surface area contributed by atoms with Crippen LogP contribution in [0.5, 0.6) is 0 Å². The Hall–Kier alpha value is -1.88. The first-order valence-corrected chi connectivity index (χ1v) is 6.89. The molecule has 2 rings (SSSR count). The van der Waals surface area contributed by atoms with Crippen LogP contribution in [0.2, 0.25) is 0 Å². The molecule has 0 atom stereocenters. The normalized spacial score (nSPS) is 10.5. The second-order valence-corrected chi connectivity index (χ2v) is 5.28. The number of carboxylic acids is 1. The Bertz CT molecular complexity index is 607. The summed E-state index contributed by atoms with van der Waals surface area (Å²) in [4.78, 5) is 17.8. The van der Waals surface area contributed by atoms with E-state index in [9.17, 15) is 4.79 Å². The summed E-state index contributed by atoms with van der Waals surface area (Å²) in [6, 6.07) is 8.10. The van der Waals surface area contributed by atoms with Gasteiger partial charge in [-0.1, -0.05) is 23.5 Å². The molecule has 19 heavy (non-hydrogen) atoms. The summed E-state index contributed by atoms with van der Waals surface area (Å²) >= 11 is 1.22. The van der Waals surface area contributed by atoms with E-state index in [1.165, 1.54) is 16.9 Å². The highest BCUT2D eigenvalue weighted by Gasteiger charge is 2.18. The number of carboxylic acid groups (broad SMARTS) is 1. The van der Waals surface area contributed by atoms with Crippen LogP contribution in [0, 0.1) is 13.8 Å². The number of carbonyl (C=O) groups is 1. The second kappa shape index (κ2) is 5.40. The lowest BCUT2D eigenvalue weighted by Gasteiger charge is -2.20. The molecule has 1 heterocycles. The number of thiazole rings is 1. The summed E-state index contributed by atoms with van der Waals surface area (Å²) in [5.74, 6) is -0.915. The van der Waals surface area contributed by atoms with E-state index < -0.39 is 5.97 Å². The Balaban J connectivity index is 2.42. The van der Waals surface area contributed by atoms with Gasteiger partial charge in [0.2, 0.25) is 0 Å². The Morgan fingerprint density at radius 1 is 1.42 bits per heavy atom. The average molecular weight is 276 g/mol. The largest absolute Gasteiger partial charge is 0.477 e. The van der Waals surface area contributed by atoms with E-state index in [0.29, 0.717) is 10.6 Å². The number of nitrogens with zero attached hydrogens (tertiary/aromatic N) is 2. The second-order valence-electron chi connectivity index (χ2n) is 4.30. The van der Waals surface area contributed by atoms with Gasteiger partial charge in [-0.05, 0) is 38.5 Å². The number of aromatic nitrogens is 1. The number of anilines is 2. The molecule has 0 aliphatic heterocycles. The zero-order valence-corrected chi connectivity index (χ0v) is 12.0. The van der Waals surface area contributed by atoms with Gasteiger partial charge < -0.3 is 10.0 Å². The van der Waals surface area contributed by atoms with Gasteiger partial charge in [0, 0.05) is 12.2 Å². The van der Waals surface area contributed by atoms with Crippen molar-refractivity contribution in [3.05, 3.63) is 40.4 Å². The van der Waals surface area contributed by atoms with Crippen molar-refractivity contribution in [3.63, 3.8) is 0 Å². The number of hydrogen-bond donors (Lipinski definition) is 1. The van der Waals surface area contributed by atoms with Crippen LogP contribution >= 0.6 is 11.3 Å². The molecule has 100 valence electrons. The van der Waals surface area contributed by atoms with Gasteiger partial charge in [0.25, 0.3) is 0 Å². The molecule has 0 saturated carbocycles. The Labute approximate surface area is 116 Å². The van der Waals surface area contributed by atoms with Crippen LogP contribution in [0.25, 0.3) is 0 Å². The maximum atomic E-state index is 11.1. The van der Waals surface area contributed by atoms with Crippen molar-refractivity contribution >= 4 is 28.1 Å². The topological polar surface area (TPSA) is 53.4 Å². The third-order valence-electron chi connectivity index (χ3n) is 2.84. The third-order valence-corrected chi connectivity index (χ3v) is 4.01. The minimum atomic E-state index is -0.915. The van der Waals surface area contributed by atoms with Crippen molar-refractivity contribution in [2.45, 2.75) is 20.8 Å². The quantitative estimate of drug-likeness (QED) is 0.926. The van der Waals surface area contributed by atoms with Crippen LogP contribution in [0.15, 0.2) is 24.3 Å². The standard InChI is InChI=1S/C14H16N2O2S/c1-4-16(11-7-5-6-9(2)8-11)14-15-10(3)12(19-14)13(17)18/h5-8H,4H2,1-3H3,(H,17,18). The minimum absolute atomic E-state index is 0.307. The molecule has 5 heteroatoms. The smallest absolute Gasteiger partial charge is 0.347 e. The third kappa shape index (κ3) is 2.76. The summed E-state index contributed by atoms with van der Waals surface area (Å²) in [6.07, 6.45) is 0. The number of aromatic carboxylic acids is 1. The highest BCUT2D eigenvalue weighted by molar-refractivity contribution is 7.17. The van der Waals surface area contributed by atoms with E-state index in [1.54, 1.807) is 6.92 Å². The summed E-state index contributed by atoms with van der Waals surface area (Å²) < 4.78 is 0. The van der Waals surface area contributed by atoms with Gasteiger partial charge in [-0.3, -0.25) is 0 Å². The maximum Gasteiger partial charge on any atom is 0.347 e. The molecule has 0 amide bonds. The van der Waals surface area contributed by atoms with Crippen LogP contribution in [-0.2, 0) is 0 Å². The van der Waals surface area contributed by atoms with Crippen LogP contribution < -0.4 is 4.90 Å². The molecule has 4 nitrogen and oxygen atoms in total. The molecule has 0 aliphatic carbocycles. The Morgan fingerprint density at radius 3 is 2.68 bits per heavy atom. The van der Waals surface area contributed by atoms with Crippen LogP contribution in [0.3, 0.4) is 0 Å². The molecule has 0 unspecified atom stereocenters. The number of rotatable bonds is 4. The van der Waals surface area contributed by atoms with Crippen molar-refractivity contribution in [3.8, 4) is 0 Å². The highest BCUT2D eigenvalue weighted by Crippen LogP contribution is 2.31. The Morgan fingerprint density at radius 2 is 2.16 bits per heavy atom. The zero-order chi connectivity index (χ0) is 14.0. The van der Waals surface area contributed by atoms with Gasteiger partial charge in [0.05, 0.1) is 5.69 Å². The fraction of sp³-hybridized carbons (Fsp3) is 0.286. The minimum Gasteiger partial charge on any atom is -0.477 e. The molecule has 1 N–H and O–H groups in total. The summed E-state index contributed by atoms with van der Waals surface area (Å²) in [5, 5.41) is 9.83. The molecule has 0 aliphatic rings. The zero-order valence-electron chi connectivity index (χ0n) is 11.2. The molecule has 1 aromatic carbocycles. The van der Waals surface area contributed by atoms with E-state index in [4.69, 9.17) is 5.11 Å². The molecule has 1 aromatic heterocycles. The molecular weight excluding hydrogens is 260 g/mol. The van der Waals surface area contributed by atoms with E-state index in [-0.39, 0.29) is 0 Å². The molecule has 0 saturated heterocycles.